The molecule has 1 aromatic carbocycles. The molecular weight excluding hydrogens is 486 g/mol. The third-order valence-electron chi connectivity index (χ3n) is 6.87. The Morgan fingerprint density at radius 3 is 2.68 bits per heavy atom. The van der Waals surface area contributed by atoms with E-state index in [1.54, 1.807) is 9.91 Å². The van der Waals surface area contributed by atoms with Crippen molar-refractivity contribution in [2.75, 3.05) is 25.2 Å². The van der Waals surface area contributed by atoms with Crippen LogP contribution < -0.4 is 20.5 Å². The molecule has 2 amide bonds. The first-order valence-electron chi connectivity index (χ1n) is 12.0. The number of nitrogens with zero attached hydrogens (tertiary/aromatic N) is 3. The maximum absolute atomic E-state index is 14.1. The fourth-order valence-corrected chi connectivity index (χ4v) is 5.22. The molecule has 0 fully saturated rings. The number of rotatable bonds is 6. The van der Waals surface area contributed by atoms with E-state index in [0.717, 1.165) is 24.5 Å². The van der Waals surface area contributed by atoms with Crippen LogP contribution in [0.4, 0.5) is 8.78 Å². The number of aliphatic hydroxyl groups is 1. The molecule has 3 heterocycles. The van der Waals surface area contributed by atoms with Crippen LogP contribution in [0.5, 0.6) is 5.75 Å². The molecule has 0 bridgehead atoms. The van der Waals surface area contributed by atoms with E-state index in [1.165, 1.54) is 17.9 Å². The molecule has 2 aromatic rings. The topological polar surface area (TPSA) is 104 Å². The molecule has 194 valence electrons. The van der Waals surface area contributed by atoms with Crippen molar-refractivity contribution in [2.24, 2.45) is 0 Å². The van der Waals surface area contributed by atoms with E-state index in [9.17, 15) is 28.3 Å². The average Bonchev–Trinajstić information content (AvgIpc) is 3.21. The van der Waals surface area contributed by atoms with Crippen LogP contribution in [-0.4, -0.2) is 52.9 Å². The van der Waals surface area contributed by atoms with Gasteiger partial charge >= 0.3 is 0 Å². The van der Waals surface area contributed by atoms with E-state index < -0.39 is 46.7 Å². The van der Waals surface area contributed by atoms with Gasteiger partial charge < -0.3 is 20.1 Å². The SMILES string of the molecule is CCN1C(=O)c2c(OC)c(=O)c(C(=O)NCc3ccc(F)cc3F)c3n2N(CC3O)C1C1=CCCC=C1. The Kier molecular flexibility index (Phi) is 6.32. The quantitative estimate of drug-likeness (QED) is 0.615. The third-order valence-corrected chi connectivity index (χ3v) is 6.87. The molecule has 2 aliphatic heterocycles. The van der Waals surface area contributed by atoms with Crippen LogP contribution >= 0.6 is 0 Å². The second-order valence-corrected chi connectivity index (χ2v) is 8.99. The number of aliphatic hydroxyl groups excluding tert-OH is 1. The number of carbonyl (C=O) groups is 2. The highest BCUT2D eigenvalue weighted by atomic mass is 19.1. The Balaban J connectivity index is 1.63. The fourth-order valence-electron chi connectivity index (χ4n) is 5.22. The van der Waals surface area contributed by atoms with Gasteiger partial charge in [0.2, 0.25) is 5.43 Å². The molecule has 3 aliphatic rings. The van der Waals surface area contributed by atoms with Crippen LogP contribution in [0.2, 0.25) is 0 Å². The van der Waals surface area contributed by atoms with E-state index >= 15 is 0 Å². The monoisotopic (exact) mass is 512 g/mol. The van der Waals surface area contributed by atoms with Gasteiger partial charge in [0.25, 0.3) is 11.8 Å². The van der Waals surface area contributed by atoms with Gasteiger partial charge in [-0.05, 0) is 31.4 Å². The average molecular weight is 513 g/mol. The highest BCUT2D eigenvalue weighted by Crippen LogP contribution is 2.38. The number of pyridine rings is 1. The Labute approximate surface area is 211 Å². The highest BCUT2D eigenvalue weighted by molar-refractivity contribution is 6.01. The predicted octanol–water partition coefficient (Wildman–Crippen LogP) is 2.13. The second kappa shape index (κ2) is 9.47. The molecule has 1 aliphatic carbocycles. The van der Waals surface area contributed by atoms with Crippen LogP contribution in [0.15, 0.2) is 46.8 Å². The number of benzene rings is 1. The van der Waals surface area contributed by atoms with Gasteiger partial charge in [0, 0.05) is 24.7 Å². The first-order chi connectivity index (χ1) is 17.8. The van der Waals surface area contributed by atoms with Gasteiger partial charge in [-0.25, -0.2) is 13.5 Å². The minimum absolute atomic E-state index is 0.0169. The summed E-state index contributed by atoms with van der Waals surface area (Å²) < 4.78 is 34.1. The Hall–Kier alpha value is -3.99. The second-order valence-electron chi connectivity index (χ2n) is 8.99. The molecule has 11 heteroatoms. The van der Waals surface area contributed by atoms with Crippen molar-refractivity contribution in [3.63, 3.8) is 0 Å². The van der Waals surface area contributed by atoms with Gasteiger partial charge in [0.15, 0.2) is 11.4 Å². The zero-order valence-corrected chi connectivity index (χ0v) is 20.3. The van der Waals surface area contributed by atoms with Crippen molar-refractivity contribution in [3.8, 4) is 5.75 Å². The first kappa shape index (κ1) is 24.7. The lowest BCUT2D eigenvalue weighted by Gasteiger charge is -2.45. The van der Waals surface area contributed by atoms with Gasteiger partial charge in [-0.3, -0.25) is 19.4 Å². The van der Waals surface area contributed by atoms with Crippen molar-refractivity contribution in [1.82, 2.24) is 14.9 Å². The Bertz CT molecular complexity index is 1420. The van der Waals surface area contributed by atoms with Crippen molar-refractivity contribution >= 4 is 11.8 Å². The van der Waals surface area contributed by atoms with E-state index in [2.05, 4.69) is 5.32 Å². The van der Waals surface area contributed by atoms with Gasteiger partial charge in [0.05, 0.1) is 19.3 Å². The third kappa shape index (κ3) is 3.90. The smallest absolute Gasteiger partial charge is 0.278 e. The van der Waals surface area contributed by atoms with Crippen molar-refractivity contribution in [1.29, 1.82) is 0 Å². The molecule has 5 rings (SSSR count). The molecule has 2 atom stereocenters. The summed E-state index contributed by atoms with van der Waals surface area (Å²) in [6, 6.07) is 2.94. The number of allylic oxidation sites excluding steroid dienone is 2. The molecule has 1 aromatic heterocycles. The number of carbonyl (C=O) groups excluding carboxylic acids is 2. The van der Waals surface area contributed by atoms with Crippen molar-refractivity contribution < 1.29 is 28.2 Å². The summed E-state index contributed by atoms with van der Waals surface area (Å²) in [4.78, 5) is 42.0. The lowest BCUT2D eigenvalue weighted by atomic mass is 10.0. The summed E-state index contributed by atoms with van der Waals surface area (Å²) >= 11 is 0. The molecule has 9 nitrogen and oxygen atoms in total. The summed E-state index contributed by atoms with van der Waals surface area (Å²) in [6.07, 6.45) is 5.82. The number of likely N-dealkylation sites (N-methyl/N-ethyl adjacent to an activating group) is 1. The number of halogens is 2. The van der Waals surface area contributed by atoms with Crippen LogP contribution in [0.25, 0.3) is 0 Å². The minimum atomic E-state index is -1.26. The molecule has 2 unspecified atom stereocenters. The van der Waals surface area contributed by atoms with Gasteiger partial charge in [-0.2, -0.15) is 0 Å². The molecule has 0 saturated carbocycles. The fraction of sp³-hybridized carbons (Fsp3) is 0.346. The minimum Gasteiger partial charge on any atom is -0.491 e. The Morgan fingerprint density at radius 1 is 1.24 bits per heavy atom. The summed E-state index contributed by atoms with van der Waals surface area (Å²) in [7, 11) is 1.23. The molecule has 2 N–H and O–H groups in total. The number of aromatic nitrogens is 1. The highest BCUT2D eigenvalue weighted by Gasteiger charge is 2.48. The summed E-state index contributed by atoms with van der Waals surface area (Å²) in [5.41, 5.74) is -0.485. The lowest BCUT2D eigenvalue weighted by Crippen LogP contribution is -2.61. The van der Waals surface area contributed by atoms with Crippen LogP contribution in [0.1, 0.15) is 58.0 Å². The number of hydrogen-bond acceptors (Lipinski definition) is 6. The normalized spacial score (nSPS) is 20.1. The first-order valence-corrected chi connectivity index (χ1v) is 12.0. The number of nitrogens with one attached hydrogen (secondary N) is 1. The summed E-state index contributed by atoms with van der Waals surface area (Å²) in [6.45, 7) is 1.85. The van der Waals surface area contributed by atoms with Crippen LogP contribution in [0.3, 0.4) is 0 Å². The molecule has 37 heavy (non-hydrogen) atoms. The van der Waals surface area contributed by atoms with Gasteiger partial charge in [-0.1, -0.05) is 24.3 Å². The molecule has 0 saturated heterocycles. The zero-order chi connectivity index (χ0) is 26.4. The maximum Gasteiger partial charge on any atom is 0.278 e. The maximum atomic E-state index is 14.1. The van der Waals surface area contributed by atoms with Crippen LogP contribution in [-0.2, 0) is 6.54 Å². The van der Waals surface area contributed by atoms with E-state index in [0.29, 0.717) is 12.6 Å². The summed E-state index contributed by atoms with van der Waals surface area (Å²) in [5.74, 6) is -3.27. The number of amides is 2. The van der Waals surface area contributed by atoms with Gasteiger partial charge in [-0.15, -0.1) is 0 Å². The number of ether oxygens (including phenoxy) is 1. The summed E-state index contributed by atoms with van der Waals surface area (Å²) in [5, 5.41) is 15.3. The van der Waals surface area contributed by atoms with E-state index in [4.69, 9.17) is 4.74 Å². The molecule has 0 radical (unpaired) electrons. The number of hydrogen-bond donors (Lipinski definition) is 2. The Morgan fingerprint density at radius 2 is 2.03 bits per heavy atom. The lowest BCUT2D eigenvalue weighted by molar-refractivity contribution is 0.0627. The van der Waals surface area contributed by atoms with Gasteiger partial charge in [0.1, 0.15) is 29.5 Å². The number of methoxy groups -OCH3 is 1. The largest absolute Gasteiger partial charge is 0.491 e. The van der Waals surface area contributed by atoms with E-state index in [1.807, 2.05) is 25.2 Å². The standard InChI is InChI=1S/C26H26F2N4O5/c1-3-30-25(14-7-5-4-6-8-14)31-13-18(33)20-19(22(34)23(37-2)21(26(30)36)32(20)31)24(35)29-12-15-9-10-16(27)11-17(15)28/h5,7-11,18,25,33H,3-4,6,12-13H2,1-2H3,(H,29,35). The predicted molar refractivity (Wildman–Crippen MR) is 130 cm³/mol. The molecular formula is C26H26F2N4O5. The van der Waals surface area contributed by atoms with Crippen molar-refractivity contribution in [3.05, 3.63) is 86.4 Å². The molecule has 0 spiro atoms. The van der Waals surface area contributed by atoms with Crippen molar-refractivity contribution in [2.45, 2.75) is 38.6 Å². The van der Waals surface area contributed by atoms with Crippen LogP contribution in [0, 0.1) is 11.6 Å². The zero-order valence-electron chi connectivity index (χ0n) is 20.3. The van der Waals surface area contributed by atoms with E-state index in [-0.39, 0.29) is 35.8 Å².